The Kier molecular flexibility index (Phi) is 6.12. The summed E-state index contributed by atoms with van der Waals surface area (Å²) >= 11 is 0. The van der Waals surface area contributed by atoms with Gasteiger partial charge in [-0.3, -0.25) is 4.79 Å². The van der Waals surface area contributed by atoms with E-state index in [2.05, 4.69) is 34.3 Å². The number of ether oxygens (including phenoxy) is 1. The van der Waals surface area contributed by atoms with Gasteiger partial charge in [0.05, 0.1) is 23.6 Å². The molecule has 2 aromatic carbocycles. The van der Waals surface area contributed by atoms with Crippen molar-refractivity contribution in [1.29, 1.82) is 0 Å². The van der Waals surface area contributed by atoms with Crippen LogP contribution in [0.15, 0.2) is 48.5 Å². The van der Waals surface area contributed by atoms with E-state index in [-0.39, 0.29) is 11.8 Å². The van der Waals surface area contributed by atoms with Crippen LogP contribution in [-0.2, 0) is 11.3 Å². The third-order valence-electron chi connectivity index (χ3n) is 5.44. The van der Waals surface area contributed by atoms with E-state index in [1.165, 1.54) is 5.56 Å². The number of hydrogen-bond acceptors (Lipinski definition) is 5. The smallest absolute Gasteiger partial charge is 0.258 e. The number of amides is 1. The molecule has 6 heteroatoms. The predicted octanol–water partition coefficient (Wildman–Crippen LogP) is 3.87. The standard InChI is InChI=1S/C24H28N4O2/c1-3-30-24-22(26-20-11-4-5-12-21(20)27-24)28-13-7-10-19(16-28)23(29)25-15-18-9-6-8-17(2)14-18/h4-6,8-9,11-12,14,19H,3,7,10,13,15-16H2,1-2H3,(H,25,29). The fraction of sp³-hybridized carbons (Fsp3) is 0.375. The average molecular weight is 405 g/mol. The van der Waals surface area contributed by atoms with Crippen LogP contribution in [0, 0.1) is 12.8 Å². The van der Waals surface area contributed by atoms with Crippen molar-refractivity contribution in [2.45, 2.75) is 33.2 Å². The number of carbonyl (C=O) groups is 1. The third-order valence-corrected chi connectivity index (χ3v) is 5.44. The molecule has 156 valence electrons. The number of aromatic nitrogens is 2. The zero-order valence-corrected chi connectivity index (χ0v) is 17.6. The first kappa shape index (κ1) is 20.1. The maximum absolute atomic E-state index is 12.9. The van der Waals surface area contributed by atoms with Crippen LogP contribution < -0.4 is 15.0 Å². The van der Waals surface area contributed by atoms with Gasteiger partial charge >= 0.3 is 0 Å². The molecule has 0 aliphatic carbocycles. The Morgan fingerprint density at radius 3 is 2.73 bits per heavy atom. The first-order valence-corrected chi connectivity index (χ1v) is 10.6. The lowest BCUT2D eigenvalue weighted by atomic mass is 9.97. The second-order valence-corrected chi connectivity index (χ2v) is 7.77. The summed E-state index contributed by atoms with van der Waals surface area (Å²) in [6.45, 7) is 6.54. The van der Waals surface area contributed by atoms with Crippen molar-refractivity contribution in [3.63, 3.8) is 0 Å². The van der Waals surface area contributed by atoms with Gasteiger partial charge in [-0.2, -0.15) is 0 Å². The van der Waals surface area contributed by atoms with Crippen LogP contribution in [0.4, 0.5) is 5.82 Å². The van der Waals surface area contributed by atoms with E-state index in [0.717, 1.165) is 41.8 Å². The maximum atomic E-state index is 12.9. The minimum Gasteiger partial charge on any atom is -0.475 e. The SMILES string of the molecule is CCOc1nc2ccccc2nc1N1CCCC(C(=O)NCc2cccc(C)c2)C1. The van der Waals surface area contributed by atoms with Gasteiger partial charge in [0, 0.05) is 19.6 Å². The van der Waals surface area contributed by atoms with E-state index in [9.17, 15) is 4.79 Å². The molecule has 1 saturated heterocycles. The van der Waals surface area contributed by atoms with Gasteiger partial charge in [0.1, 0.15) is 0 Å². The van der Waals surface area contributed by atoms with Gasteiger partial charge in [-0.05, 0) is 44.4 Å². The topological polar surface area (TPSA) is 67.4 Å². The van der Waals surface area contributed by atoms with Gasteiger partial charge in [-0.15, -0.1) is 0 Å². The molecular formula is C24H28N4O2. The second kappa shape index (κ2) is 9.11. The van der Waals surface area contributed by atoms with Crippen LogP contribution in [0.2, 0.25) is 0 Å². The molecule has 1 aliphatic rings. The Morgan fingerprint density at radius 2 is 1.97 bits per heavy atom. The van der Waals surface area contributed by atoms with Gasteiger partial charge in [-0.1, -0.05) is 42.0 Å². The lowest BCUT2D eigenvalue weighted by Crippen LogP contribution is -2.43. The highest BCUT2D eigenvalue weighted by Gasteiger charge is 2.28. The molecule has 4 rings (SSSR count). The van der Waals surface area contributed by atoms with E-state index >= 15 is 0 Å². The Balaban J connectivity index is 1.49. The van der Waals surface area contributed by atoms with Gasteiger partial charge < -0.3 is 15.0 Å². The van der Waals surface area contributed by atoms with Gasteiger partial charge in [0.2, 0.25) is 5.91 Å². The summed E-state index contributed by atoms with van der Waals surface area (Å²) in [6, 6.07) is 16.0. The van der Waals surface area contributed by atoms with Crippen LogP contribution in [0.25, 0.3) is 11.0 Å². The number of fused-ring (bicyclic) bond motifs is 1. The molecule has 1 atom stereocenters. The number of aryl methyl sites for hydroxylation is 1. The van der Waals surface area contributed by atoms with Crippen molar-refractivity contribution in [2.75, 3.05) is 24.6 Å². The molecule has 1 N–H and O–H groups in total. The highest BCUT2D eigenvalue weighted by atomic mass is 16.5. The van der Waals surface area contributed by atoms with Crippen molar-refractivity contribution in [2.24, 2.45) is 5.92 Å². The summed E-state index contributed by atoms with van der Waals surface area (Å²) in [6.07, 6.45) is 1.81. The Labute approximate surface area is 177 Å². The van der Waals surface area contributed by atoms with E-state index in [1.807, 2.05) is 43.3 Å². The number of hydrogen-bond donors (Lipinski definition) is 1. The maximum Gasteiger partial charge on any atom is 0.258 e. The number of benzene rings is 2. The Hall–Kier alpha value is -3.15. The molecule has 2 heterocycles. The van der Waals surface area contributed by atoms with Crippen LogP contribution in [0.1, 0.15) is 30.9 Å². The highest BCUT2D eigenvalue weighted by Crippen LogP contribution is 2.30. The zero-order chi connectivity index (χ0) is 20.9. The molecule has 1 fully saturated rings. The Bertz CT molecular complexity index is 1040. The monoisotopic (exact) mass is 404 g/mol. The molecule has 1 amide bonds. The third kappa shape index (κ3) is 4.53. The first-order valence-electron chi connectivity index (χ1n) is 10.6. The van der Waals surface area contributed by atoms with E-state index < -0.39 is 0 Å². The molecule has 30 heavy (non-hydrogen) atoms. The largest absolute Gasteiger partial charge is 0.475 e. The summed E-state index contributed by atoms with van der Waals surface area (Å²) < 4.78 is 5.79. The van der Waals surface area contributed by atoms with Crippen LogP contribution in [-0.4, -0.2) is 35.6 Å². The zero-order valence-electron chi connectivity index (χ0n) is 17.6. The lowest BCUT2D eigenvalue weighted by Gasteiger charge is -2.33. The minimum absolute atomic E-state index is 0.0775. The molecule has 3 aromatic rings. The number of nitrogens with one attached hydrogen (secondary N) is 1. The summed E-state index contributed by atoms with van der Waals surface area (Å²) in [7, 11) is 0. The highest BCUT2D eigenvalue weighted by molar-refractivity contribution is 5.80. The van der Waals surface area contributed by atoms with E-state index in [1.54, 1.807) is 0 Å². The quantitative estimate of drug-likeness (QED) is 0.676. The molecule has 6 nitrogen and oxygen atoms in total. The molecule has 0 saturated carbocycles. The minimum atomic E-state index is -0.0775. The molecule has 1 unspecified atom stereocenters. The van der Waals surface area contributed by atoms with Crippen LogP contribution in [0.5, 0.6) is 5.88 Å². The number of rotatable bonds is 6. The van der Waals surface area contributed by atoms with Crippen molar-refractivity contribution < 1.29 is 9.53 Å². The molecular weight excluding hydrogens is 376 g/mol. The lowest BCUT2D eigenvalue weighted by molar-refractivity contribution is -0.125. The number of para-hydroxylation sites is 2. The number of piperidine rings is 1. The van der Waals surface area contributed by atoms with Gasteiger partial charge in [-0.25, -0.2) is 9.97 Å². The van der Waals surface area contributed by atoms with Crippen molar-refractivity contribution in [1.82, 2.24) is 15.3 Å². The molecule has 0 spiro atoms. The molecule has 0 radical (unpaired) electrons. The summed E-state index contributed by atoms with van der Waals surface area (Å²) in [5, 5.41) is 3.10. The fourth-order valence-electron chi connectivity index (χ4n) is 3.95. The van der Waals surface area contributed by atoms with Gasteiger partial charge in [0.15, 0.2) is 5.82 Å². The normalized spacial score (nSPS) is 16.5. The summed E-state index contributed by atoms with van der Waals surface area (Å²) in [4.78, 5) is 24.5. The Morgan fingerprint density at radius 1 is 1.17 bits per heavy atom. The second-order valence-electron chi connectivity index (χ2n) is 7.77. The predicted molar refractivity (Wildman–Crippen MR) is 119 cm³/mol. The molecule has 1 aromatic heterocycles. The number of carbonyl (C=O) groups excluding carboxylic acids is 1. The van der Waals surface area contributed by atoms with Crippen molar-refractivity contribution in [3.8, 4) is 5.88 Å². The number of nitrogens with zero attached hydrogens (tertiary/aromatic N) is 3. The molecule has 0 bridgehead atoms. The number of anilines is 1. The van der Waals surface area contributed by atoms with E-state index in [0.29, 0.717) is 25.6 Å². The fourth-order valence-corrected chi connectivity index (χ4v) is 3.95. The van der Waals surface area contributed by atoms with E-state index in [4.69, 9.17) is 9.72 Å². The first-order chi connectivity index (χ1) is 14.6. The summed E-state index contributed by atoms with van der Waals surface area (Å²) in [5.41, 5.74) is 3.97. The van der Waals surface area contributed by atoms with Crippen molar-refractivity contribution >= 4 is 22.8 Å². The average Bonchev–Trinajstić information content (AvgIpc) is 2.77. The van der Waals surface area contributed by atoms with Crippen molar-refractivity contribution in [3.05, 3.63) is 59.7 Å². The van der Waals surface area contributed by atoms with Crippen LogP contribution >= 0.6 is 0 Å². The molecule has 1 aliphatic heterocycles. The van der Waals surface area contributed by atoms with Gasteiger partial charge in [0.25, 0.3) is 5.88 Å². The summed E-state index contributed by atoms with van der Waals surface area (Å²) in [5.74, 6) is 1.28. The van der Waals surface area contributed by atoms with Crippen LogP contribution in [0.3, 0.4) is 0 Å².